The fraction of sp³-hybridized carbons (Fsp3) is 0. The summed E-state index contributed by atoms with van der Waals surface area (Å²) in [5, 5.41) is 7.10. The van der Waals surface area contributed by atoms with Crippen molar-refractivity contribution in [2.24, 2.45) is 5.73 Å². The van der Waals surface area contributed by atoms with Gasteiger partial charge in [-0.05, 0) is 0 Å². The van der Waals surface area contributed by atoms with E-state index in [-0.39, 0.29) is 0 Å². The highest BCUT2D eigenvalue weighted by Crippen LogP contribution is 1.72. The molecule has 0 unspecified atom stereocenters. The van der Waals surface area contributed by atoms with Gasteiger partial charge < -0.3 is 10.2 Å². The van der Waals surface area contributed by atoms with E-state index < -0.39 is 0 Å². The van der Waals surface area contributed by atoms with Crippen molar-refractivity contribution in [1.29, 1.82) is 5.26 Å². The molecule has 0 spiro atoms. The number of rotatable bonds is 0. The summed E-state index contributed by atoms with van der Waals surface area (Å²) in [6, 6.07) is 0. The van der Waals surface area contributed by atoms with Crippen LogP contribution in [0.2, 0.25) is 0 Å². The number of hydrogen-bond donors (Lipinski definition) is 1. The van der Waals surface area contributed by atoms with Crippen molar-refractivity contribution in [3.05, 3.63) is 18.9 Å². The van der Waals surface area contributed by atoms with Crippen LogP contribution in [0.15, 0.2) is 23.3 Å². The van der Waals surface area contributed by atoms with Crippen molar-refractivity contribution in [2.45, 2.75) is 0 Å². The molecule has 0 radical (unpaired) electrons. The number of aromatic nitrogens is 1. The molecule has 0 amide bonds. The van der Waals surface area contributed by atoms with Crippen molar-refractivity contribution in [3.63, 3.8) is 0 Å². The van der Waals surface area contributed by atoms with Crippen molar-refractivity contribution in [2.75, 3.05) is 0 Å². The average Bonchev–Trinajstić information content (AvgIpc) is 2.17. The molecule has 1 aromatic heterocycles. The summed E-state index contributed by atoms with van der Waals surface area (Å²) in [6.45, 7) is 0. The van der Waals surface area contributed by atoms with Gasteiger partial charge in [0.15, 0.2) is 12.6 Å². The molecular formula is C4H5N3O. The van der Waals surface area contributed by atoms with Crippen LogP contribution in [0.3, 0.4) is 0 Å². The highest BCUT2D eigenvalue weighted by molar-refractivity contribution is 4.56. The minimum Gasteiger partial charge on any atom is -0.452 e. The van der Waals surface area contributed by atoms with Crippen LogP contribution >= 0.6 is 0 Å². The van der Waals surface area contributed by atoms with Crippen LogP contribution in [-0.2, 0) is 0 Å². The third-order valence-electron chi connectivity index (χ3n) is 0.347. The van der Waals surface area contributed by atoms with Crippen molar-refractivity contribution < 1.29 is 4.42 Å². The molecule has 0 bridgehead atoms. The van der Waals surface area contributed by atoms with E-state index in [9.17, 15) is 0 Å². The first-order chi connectivity index (χ1) is 3.91. The van der Waals surface area contributed by atoms with Crippen molar-refractivity contribution in [3.8, 4) is 6.19 Å². The van der Waals surface area contributed by atoms with Gasteiger partial charge in [-0.2, -0.15) is 5.26 Å². The van der Waals surface area contributed by atoms with Crippen LogP contribution in [0, 0.1) is 11.5 Å². The van der Waals surface area contributed by atoms with Crippen LogP contribution in [0.4, 0.5) is 0 Å². The summed E-state index contributed by atoms with van der Waals surface area (Å²) in [7, 11) is 0. The molecular weight excluding hydrogens is 106 g/mol. The molecule has 0 aliphatic heterocycles. The molecule has 0 saturated carbocycles. The molecule has 42 valence electrons. The Bertz CT molecular complexity index is 124. The molecule has 0 fully saturated rings. The second kappa shape index (κ2) is 5.50. The summed E-state index contributed by atoms with van der Waals surface area (Å²) >= 11 is 0. The molecule has 1 heterocycles. The van der Waals surface area contributed by atoms with Gasteiger partial charge in [0.25, 0.3) is 0 Å². The molecule has 0 aliphatic carbocycles. The monoisotopic (exact) mass is 111 g/mol. The first-order valence-electron chi connectivity index (χ1n) is 1.83. The minimum atomic E-state index is 1.25. The van der Waals surface area contributed by atoms with Crippen molar-refractivity contribution >= 4 is 0 Å². The maximum absolute atomic E-state index is 7.10. The van der Waals surface area contributed by atoms with Gasteiger partial charge in [-0.1, -0.05) is 0 Å². The fourth-order valence-corrected chi connectivity index (χ4v) is 0.176. The summed E-state index contributed by atoms with van der Waals surface area (Å²) in [4.78, 5) is 3.56. The Labute approximate surface area is 46.5 Å². The quantitative estimate of drug-likeness (QED) is 0.380. The Morgan fingerprint density at radius 2 is 2.38 bits per heavy atom. The van der Waals surface area contributed by atoms with Gasteiger partial charge >= 0.3 is 0 Å². The lowest BCUT2D eigenvalue weighted by Gasteiger charge is -1.47. The Morgan fingerprint density at radius 1 is 1.75 bits per heavy atom. The predicted octanol–water partition coefficient (Wildman–Crippen LogP) is 0.101. The van der Waals surface area contributed by atoms with Crippen molar-refractivity contribution in [1.82, 2.24) is 4.98 Å². The normalized spacial score (nSPS) is 5.88. The summed E-state index contributed by atoms with van der Waals surface area (Å²) in [5.41, 5.74) is 4.15. The van der Waals surface area contributed by atoms with Gasteiger partial charge in [0.1, 0.15) is 6.26 Å². The van der Waals surface area contributed by atoms with E-state index in [1.807, 2.05) is 0 Å². The summed E-state index contributed by atoms with van der Waals surface area (Å²) in [6.07, 6.45) is 5.72. The smallest absolute Gasteiger partial charge is 0.180 e. The predicted molar refractivity (Wildman–Crippen MR) is 26.3 cm³/mol. The topological polar surface area (TPSA) is 75.8 Å². The van der Waals surface area contributed by atoms with Crippen LogP contribution in [0.5, 0.6) is 0 Å². The highest BCUT2D eigenvalue weighted by Gasteiger charge is 1.59. The molecule has 0 saturated heterocycles. The number of hydrogen-bond acceptors (Lipinski definition) is 4. The standard InChI is InChI=1S/C3H3NO.CH2N2/c1-2-5-3-4-1;2-1-3/h1-3H;2H2. The first-order valence-corrected chi connectivity index (χ1v) is 1.83. The van der Waals surface area contributed by atoms with Crippen LogP contribution in [0.25, 0.3) is 0 Å². The van der Waals surface area contributed by atoms with Crippen LogP contribution in [-0.4, -0.2) is 4.98 Å². The zero-order valence-corrected chi connectivity index (χ0v) is 4.11. The summed E-state index contributed by atoms with van der Waals surface area (Å²) in [5.74, 6) is 0. The lowest BCUT2D eigenvalue weighted by Crippen LogP contribution is -1.69. The van der Waals surface area contributed by atoms with E-state index in [0.29, 0.717) is 0 Å². The summed E-state index contributed by atoms with van der Waals surface area (Å²) < 4.78 is 4.47. The largest absolute Gasteiger partial charge is 0.452 e. The van der Waals surface area contributed by atoms with Gasteiger partial charge in [-0.25, -0.2) is 4.98 Å². The Balaban J connectivity index is 0.000000145. The minimum absolute atomic E-state index is 1.25. The van der Waals surface area contributed by atoms with E-state index in [1.54, 1.807) is 6.20 Å². The number of oxazole rings is 1. The Hall–Kier alpha value is -1.50. The van der Waals surface area contributed by atoms with Gasteiger partial charge in [-0.3, -0.25) is 0 Å². The number of nitrogens with zero attached hydrogens (tertiary/aromatic N) is 2. The molecule has 4 heteroatoms. The van der Waals surface area contributed by atoms with E-state index in [0.717, 1.165) is 0 Å². The maximum atomic E-state index is 7.10. The van der Waals surface area contributed by atoms with Gasteiger partial charge in [-0.15, -0.1) is 0 Å². The fourth-order valence-electron chi connectivity index (χ4n) is 0.176. The van der Waals surface area contributed by atoms with Gasteiger partial charge in [0.2, 0.25) is 0 Å². The lowest BCUT2D eigenvalue weighted by atomic mass is 11.0. The third kappa shape index (κ3) is 4.50. The highest BCUT2D eigenvalue weighted by atomic mass is 16.3. The van der Waals surface area contributed by atoms with Gasteiger partial charge in [0, 0.05) is 0 Å². The van der Waals surface area contributed by atoms with Gasteiger partial charge in [0.05, 0.1) is 6.20 Å². The van der Waals surface area contributed by atoms with E-state index in [4.69, 9.17) is 5.26 Å². The second-order valence-corrected chi connectivity index (χ2v) is 0.805. The average molecular weight is 111 g/mol. The molecule has 4 nitrogen and oxygen atoms in total. The number of nitriles is 1. The lowest BCUT2D eigenvalue weighted by molar-refractivity contribution is 0.558. The second-order valence-electron chi connectivity index (χ2n) is 0.805. The Kier molecular flexibility index (Phi) is 4.47. The van der Waals surface area contributed by atoms with E-state index in [2.05, 4.69) is 15.1 Å². The zero-order valence-electron chi connectivity index (χ0n) is 4.11. The first kappa shape index (κ1) is 6.50. The zero-order chi connectivity index (χ0) is 6.24. The van der Waals surface area contributed by atoms with E-state index >= 15 is 0 Å². The molecule has 2 N–H and O–H groups in total. The molecule has 0 aliphatic rings. The third-order valence-corrected chi connectivity index (χ3v) is 0.347. The van der Waals surface area contributed by atoms with Crippen LogP contribution in [0.1, 0.15) is 0 Å². The molecule has 0 atom stereocenters. The Morgan fingerprint density at radius 3 is 2.50 bits per heavy atom. The molecule has 0 aromatic carbocycles. The molecule has 8 heavy (non-hydrogen) atoms. The molecule has 1 aromatic rings. The number of nitrogens with two attached hydrogens (primary N) is 1. The maximum Gasteiger partial charge on any atom is 0.180 e. The van der Waals surface area contributed by atoms with Crippen LogP contribution < -0.4 is 5.73 Å². The molecule has 1 rings (SSSR count). The SMILES string of the molecule is N#CN.c1cocn1. The van der Waals surface area contributed by atoms with E-state index in [1.165, 1.54) is 18.8 Å².